The summed E-state index contributed by atoms with van der Waals surface area (Å²) in [7, 11) is 0. The molecule has 0 aliphatic carbocycles. The highest BCUT2D eigenvalue weighted by Crippen LogP contribution is 2.26. The van der Waals surface area contributed by atoms with Crippen molar-refractivity contribution in [2.24, 2.45) is 5.73 Å². The first kappa shape index (κ1) is 15.3. The molecule has 0 aliphatic heterocycles. The molecule has 0 saturated carbocycles. The molecule has 2 rings (SSSR count). The minimum atomic E-state index is 0.0348. The predicted octanol–water partition coefficient (Wildman–Crippen LogP) is 4.93. The minimum absolute atomic E-state index is 0.0348. The van der Waals surface area contributed by atoms with E-state index in [1.165, 1.54) is 33.4 Å². The Morgan fingerprint density at radius 1 is 0.950 bits per heavy atom. The van der Waals surface area contributed by atoms with Gasteiger partial charge in [0.2, 0.25) is 0 Å². The van der Waals surface area contributed by atoms with Crippen LogP contribution in [0.5, 0.6) is 0 Å². The molecule has 1 unspecified atom stereocenters. The van der Waals surface area contributed by atoms with Crippen LogP contribution in [0.4, 0.5) is 0 Å². The van der Waals surface area contributed by atoms with E-state index >= 15 is 0 Å². The van der Waals surface area contributed by atoms with Gasteiger partial charge in [0.05, 0.1) is 0 Å². The molecule has 2 N–H and O–H groups in total. The third kappa shape index (κ3) is 3.31. The van der Waals surface area contributed by atoms with E-state index in [9.17, 15) is 0 Å². The predicted molar refractivity (Wildman–Crippen MR) is 90.2 cm³/mol. The Kier molecular flexibility index (Phi) is 4.66. The smallest absolute Gasteiger partial charge is 0.0338 e. The van der Waals surface area contributed by atoms with Crippen LogP contribution < -0.4 is 5.73 Å². The van der Waals surface area contributed by atoms with Gasteiger partial charge in [0.15, 0.2) is 0 Å². The van der Waals surface area contributed by atoms with Crippen LogP contribution in [-0.2, 0) is 6.42 Å². The van der Waals surface area contributed by atoms with Gasteiger partial charge < -0.3 is 5.73 Å². The molecular formula is C18H22BrN. The molecule has 1 nitrogen and oxygen atoms in total. The zero-order valence-electron chi connectivity index (χ0n) is 12.6. The van der Waals surface area contributed by atoms with Gasteiger partial charge in [-0.2, -0.15) is 0 Å². The zero-order valence-corrected chi connectivity index (χ0v) is 14.2. The molecule has 1 atom stereocenters. The van der Waals surface area contributed by atoms with Gasteiger partial charge in [-0.05, 0) is 74.1 Å². The van der Waals surface area contributed by atoms with E-state index in [1.54, 1.807) is 0 Å². The van der Waals surface area contributed by atoms with E-state index in [0.29, 0.717) is 0 Å². The van der Waals surface area contributed by atoms with Gasteiger partial charge in [0, 0.05) is 10.5 Å². The van der Waals surface area contributed by atoms with Crippen molar-refractivity contribution in [1.82, 2.24) is 0 Å². The number of aryl methyl sites for hydroxylation is 4. The molecule has 106 valence electrons. The average molecular weight is 332 g/mol. The highest BCUT2D eigenvalue weighted by atomic mass is 79.9. The molecule has 0 fully saturated rings. The molecular weight excluding hydrogens is 310 g/mol. The molecule has 2 aromatic carbocycles. The number of nitrogens with two attached hydrogens (primary N) is 1. The first-order valence-electron chi connectivity index (χ1n) is 6.97. The Bertz CT molecular complexity index is 608. The third-order valence-corrected chi connectivity index (χ3v) is 4.40. The van der Waals surface area contributed by atoms with E-state index in [1.807, 2.05) is 0 Å². The summed E-state index contributed by atoms with van der Waals surface area (Å²) < 4.78 is 1.09. The Morgan fingerprint density at radius 3 is 2.15 bits per heavy atom. The Hall–Kier alpha value is -1.12. The van der Waals surface area contributed by atoms with Crippen molar-refractivity contribution in [2.75, 3.05) is 0 Å². The molecule has 20 heavy (non-hydrogen) atoms. The quantitative estimate of drug-likeness (QED) is 0.848. The largest absolute Gasteiger partial charge is 0.324 e. The maximum Gasteiger partial charge on any atom is 0.0338 e. The van der Waals surface area contributed by atoms with Crippen molar-refractivity contribution in [2.45, 2.75) is 40.2 Å². The van der Waals surface area contributed by atoms with Crippen molar-refractivity contribution in [3.05, 3.63) is 68.2 Å². The van der Waals surface area contributed by atoms with Gasteiger partial charge in [0.25, 0.3) is 0 Å². The molecule has 2 heteroatoms. The monoisotopic (exact) mass is 331 g/mol. The summed E-state index contributed by atoms with van der Waals surface area (Å²) in [6.45, 7) is 8.62. The van der Waals surface area contributed by atoms with Gasteiger partial charge >= 0.3 is 0 Å². The normalized spacial score (nSPS) is 12.5. The lowest BCUT2D eigenvalue weighted by molar-refractivity contribution is 0.709. The van der Waals surface area contributed by atoms with Crippen LogP contribution in [0.15, 0.2) is 34.8 Å². The van der Waals surface area contributed by atoms with Crippen LogP contribution in [0, 0.1) is 27.7 Å². The fourth-order valence-corrected chi connectivity index (χ4v) is 3.25. The van der Waals surface area contributed by atoms with Crippen LogP contribution >= 0.6 is 15.9 Å². The fourth-order valence-electron chi connectivity index (χ4n) is 2.87. The number of hydrogen-bond donors (Lipinski definition) is 1. The van der Waals surface area contributed by atoms with E-state index in [4.69, 9.17) is 5.73 Å². The lowest BCUT2D eigenvalue weighted by Crippen LogP contribution is -2.16. The molecule has 0 aromatic heterocycles. The Balaban J connectivity index is 2.32. The van der Waals surface area contributed by atoms with E-state index in [2.05, 4.69) is 74.0 Å². The Labute approximate surface area is 130 Å². The fraction of sp³-hybridized carbons (Fsp3) is 0.333. The highest BCUT2D eigenvalue weighted by Gasteiger charge is 2.13. The minimum Gasteiger partial charge on any atom is -0.324 e. The van der Waals surface area contributed by atoms with Crippen LogP contribution in [0.1, 0.15) is 39.4 Å². The summed E-state index contributed by atoms with van der Waals surface area (Å²) in [5.41, 5.74) is 14.3. The molecule has 0 amide bonds. The van der Waals surface area contributed by atoms with Crippen LogP contribution in [0.3, 0.4) is 0 Å². The average Bonchev–Trinajstić information content (AvgIpc) is 2.36. The standard InChI is InChI=1S/C18H22BrN/c1-11-7-13(3)16(14(4)8-11)10-18(20)17-9-15(19)6-5-12(17)2/h5-9,18H,10,20H2,1-4H3. The second-order valence-electron chi connectivity index (χ2n) is 5.69. The molecule has 0 aliphatic rings. The van der Waals surface area contributed by atoms with Gasteiger partial charge in [0.1, 0.15) is 0 Å². The van der Waals surface area contributed by atoms with Crippen LogP contribution in [0.2, 0.25) is 0 Å². The zero-order chi connectivity index (χ0) is 14.9. The summed E-state index contributed by atoms with van der Waals surface area (Å²) >= 11 is 3.53. The third-order valence-electron chi connectivity index (χ3n) is 3.91. The second kappa shape index (κ2) is 6.11. The van der Waals surface area contributed by atoms with Crippen molar-refractivity contribution in [3.8, 4) is 0 Å². The van der Waals surface area contributed by atoms with E-state index < -0.39 is 0 Å². The number of rotatable bonds is 3. The van der Waals surface area contributed by atoms with Gasteiger partial charge in [-0.1, -0.05) is 39.7 Å². The highest BCUT2D eigenvalue weighted by molar-refractivity contribution is 9.10. The summed E-state index contributed by atoms with van der Waals surface area (Å²) in [4.78, 5) is 0. The van der Waals surface area contributed by atoms with Gasteiger partial charge in [-0.3, -0.25) is 0 Å². The SMILES string of the molecule is Cc1cc(C)c(CC(N)c2cc(Br)ccc2C)c(C)c1. The van der Waals surface area contributed by atoms with Crippen molar-refractivity contribution >= 4 is 15.9 Å². The van der Waals surface area contributed by atoms with E-state index in [-0.39, 0.29) is 6.04 Å². The first-order chi connectivity index (χ1) is 9.38. The number of benzene rings is 2. The summed E-state index contributed by atoms with van der Waals surface area (Å²) in [6, 6.07) is 10.8. The first-order valence-corrected chi connectivity index (χ1v) is 7.76. The molecule has 0 saturated heterocycles. The van der Waals surface area contributed by atoms with Crippen molar-refractivity contribution in [3.63, 3.8) is 0 Å². The molecule has 0 spiro atoms. The lowest BCUT2D eigenvalue weighted by Gasteiger charge is -2.19. The Morgan fingerprint density at radius 2 is 1.55 bits per heavy atom. The lowest BCUT2D eigenvalue weighted by atomic mass is 9.90. The maximum absolute atomic E-state index is 6.45. The molecule has 2 aromatic rings. The summed E-state index contributed by atoms with van der Waals surface area (Å²) in [5.74, 6) is 0. The van der Waals surface area contributed by atoms with E-state index in [0.717, 1.165) is 10.9 Å². The topological polar surface area (TPSA) is 26.0 Å². The second-order valence-corrected chi connectivity index (χ2v) is 6.60. The molecule has 0 radical (unpaired) electrons. The van der Waals surface area contributed by atoms with Crippen LogP contribution in [-0.4, -0.2) is 0 Å². The van der Waals surface area contributed by atoms with Crippen LogP contribution in [0.25, 0.3) is 0 Å². The molecule has 0 bridgehead atoms. The number of hydrogen-bond acceptors (Lipinski definition) is 1. The van der Waals surface area contributed by atoms with Gasteiger partial charge in [-0.15, -0.1) is 0 Å². The number of halogens is 1. The van der Waals surface area contributed by atoms with Gasteiger partial charge in [-0.25, -0.2) is 0 Å². The maximum atomic E-state index is 6.45. The summed E-state index contributed by atoms with van der Waals surface area (Å²) in [6.07, 6.45) is 0.884. The summed E-state index contributed by atoms with van der Waals surface area (Å²) in [5, 5.41) is 0. The van der Waals surface area contributed by atoms with Crippen molar-refractivity contribution < 1.29 is 0 Å². The van der Waals surface area contributed by atoms with Crippen molar-refractivity contribution in [1.29, 1.82) is 0 Å². The molecule has 0 heterocycles.